The zero-order valence-electron chi connectivity index (χ0n) is 14.3. The van der Waals surface area contributed by atoms with Crippen molar-refractivity contribution in [2.24, 2.45) is 0 Å². The second kappa shape index (κ2) is 9.52. The Balaban J connectivity index is 1.81. The first-order valence-corrected chi connectivity index (χ1v) is 8.10. The number of halogens is 1. The monoisotopic (exact) mass is 347 g/mol. The number of methoxy groups -OCH3 is 1. The fraction of sp³-hybridized carbons (Fsp3) is 0.316. The first kappa shape index (κ1) is 18.6. The quantitative estimate of drug-likeness (QED) is 0.708. The normalized spacial score (nSPS) is 11.5. The van der Waals surface area contributed by atoms with Crippen LogP contribution in [0.5, 0.6) is 17.2 Å². The van der Waals surface area contributed by atoms with Crippen molar-refractivity contribution in [3.63, 3.8) is 0 Å². The maximum Gasteiger partial charge on any atom is 0.261 e. The summed E-state index contributed by atoms with van der Waals surface area (Å²) in [4.78, 5) is 12.2. The summed E-state index contributed by atoms with van der Waals surface area (Å²) >= 11 is 0. The van der Waals surface area contributed by atoms with Crippen LogP contribution in [-0.2, 0) is 4.79 Å². The molecule has 1 unspecified atom stereocenters. The molecule has 1 N–H and O–H groups in total. The average Bonchev–Trinajstić information content (AvgIpc) is 2.64. The number of carbonyl (C=O) groups is 1. The number of benzene rings is 2. The third-order valence-corrected chi connectivity index (χ3v) is 3.50. The first-order chi connectivity index (χ1) is 12.2. The molecule has 6 heteroatoms. The standard InChI is InChI=1S/C19H22FNO4/c1-3-15(25-16-9-5-4-8-14(16)20)19(22)21-12-13-24-18-11-7-6-10-17(18)23-2/h4-11,15H,3,12-13H2,1-2H3,(H,21,22). The molecule has 0 aliphatic rings. The Morgan fingerprint density at radius 1 is 1.08 bits per heavy atom. The van der Waals surface area contributed by atoms with Gasteiger partial charge in [-0.05, 0) is 30.7 Å². The summed E-state index contributed by atoms with van der Waals surface area (Å²) in [6.45, 7) is 2.38. The van der Waals surface area contributed by atoms with E-state index in [2.05, 4.69) is 5.32 Å². The fourth-order valence-electron chi connectivity index (χ4n) is 2.20. The lowest BCUT2D eigenvalue weighted by atomic mass is 10.2. The molecule has 25 heavy (non-hydrogen) atoms. The van der Waals surface area contributed by atoms with Crippen LogP contribution in [0.15, 0.2) is 48.5 Å². The summed E-state index contributed by atoms with van der Waals surface area (Å²) in [6, 6.07) is 13.3. The van der Waals surface area contributed by atoms with Gasteiger partial charge >= 0.3 is 0 Å². The number of carbonyl (C=O) groups excluding carboxylic acids is 1. The van der Waals surface area contributed by atoms with Gasteiger partial charge in [-0.15, -0.1) is 0 Å². The molecule has 0 spiro atoms. The van der Waals surface area contributed by atoms with Crippen LogP contribution in [0.2, 0.25) is 0 Å². The molecule has 0 aliphatic carbocycles. The van der Waals surface area contributed by atoms with Gasteiger partial charge < -0.3 is 19.5 Å². The van der Waals surface area contributed by atoms with Gasteiger partial charge in [0.25, 0.3) is 5.91 Å². The Bertz CT molecular complexity index is 693. The maximum atomic E-state index is 13.6. The number of amides is 1. The molecule has 2 aromatic rings. The van der Waals surface area contributed by atoms with Gasteiger partial charge in [0.15, 0.2) is 29.2 Å². The van der Waals surface area contributed by atoms with Gasteiger partial charge in [-0.2, -0.15) is 0 Å². The number of ether oxygens (including phenoxy) is 3. The topological polar surface area (TPSA) is 56.8 Å². The molecular formula is C19H22FNO4. The summed E-state index contributed by atoms with van der Waals surface area (Å²) in [6.07, 6.45) is -0.337. The Morgan fingerprint density at radius 2 is 1.72 bits per heavy atom. The van der Waals surface area contributed by atoms with E-state index in [1.165, 1.54) is 12.1 Å². The molecule has 0 fully saturated rings. The highest BCUT2D eigenvalue weighted by Crippen LogP contribution is 2.25. The van der Waals surface area contributed by atoms with E-state index in [9.17, 15) is 9.18 Å². The second-order valence-electron chi connectivity index (χ2n) is 5.24. The van der Waals surface area contributed by atoms with Crippen molar-refractivity contribution in [3.05, 3.63) is 54.3 Å². The number of hydrogen-bond acceptors (Lipinski definition) is 4. The van der Waals surface area contributed by atoms with Gasteiger partial charge in [0, 0.05) is 0 Å². The lowest BCUT2D eigenvalue weighted by Crippen LogP contribution is -2.39. The minimum absolute atomic E-state index is 0.0646. The molecular weight excluding hydrogens is 325 g/mol. The van der Waals surface area contributed by atoms with E-state index < -0.39 is 11.9 Å². The van der Waals surface area contributed by atoms with E-state index in [1.54, 1.807) is 38.3 Å². The molecule has 0 aromatic heterocycles. The van der Waals surface area contributed by atoms with E-state index >= 15 is 0 Å². The number of nitrogens with one attached hydrogen (secondary N) is 1. The summed E-state index contributed by atoms with van der Waals surface area (Å²) < 4.78 is 29.9. The zero-order valence-corrected chi connectivity index (χ0v) is 14.3. The van der Waals surface area contributed by atoms with Crippen molar-refractivity contribution in [2.45, 2.75) is 19.4 Å². The molecule has 0 heterocycles. The van der Waals surface area contributed by atoms with Gasteiger partial charge in [0.2, 0.25) is 0 Å². The predicted molar refractivity (Wildman–Crippen MR) is 92.6 cm³/mol. The molecule has 134 valence electrons. The van der Waals surface area contributed by atoms with Gasteiger partial charge in [-0.1, -0.05) is 31.2 Å². The summed E-state index contributed by atoms with van der Waals surface area (Å²) in [5.41, 5.74) is 0. The molecule has 0 saturated heterocycles. The molecule has 0 saturated carbocycles. The van der Waals surface area contributed by atoms with Crippen molar-refractivity contribution >= 4 is 5.91 Å². The van der Waals surface area contributed by atoms with Crippen LogP contribution in [0.4, 0.5) is 4.39 Å². The molecule has 1 amide bonds. The van der Waals surface area contributed by atoms with Crippen molar-refractivity contribution in [1.29, 1.82) is 0 Å². The Labute approximate surface area is 146 Å². The minimum Gasteiger partial charge on any atom is -0.493 e. The van der Waals surface area contributed by atoms with E-state index in [0.717, 1.165) is 0 Å². The molecule has 5 nitrogen and oxygen atoms in total. The highest BCUT2D eigenvalue weighted by atomic mass is 19.1. The Morgan fingerprint density at radius 3 is 2.36 bits per heavy atom. The van der Waals surface area contributed by atoms with Crippen molar-refractivity contribution in [3.8, 4) is 17.2 Å². The average molecular weight is 347 g/mol. The van der Waals surface area contributed by atoms with Gasteiger partial charge in [-0.3, -0.25) is 4.79 Å². The highest BCUT2D eigenvalue weighted by Gasteiger charge is 2.19. The summed E-state index contributed by atoms with van der Waals surface area (Å²) in [5, 5.41) is 2.73. The highest BCUT2D eigenvalue weighted by molar-refractivity contribution is 5.81. The van der Waals surface area contributed by atoms with Crippen molar-refractivity contribution in [1.82, 2.24) is 5.32 Å². The largest absolute Gasteiger partial charge is 0.493 e. The summed E-state index contributed by atoms with van der Waals surface area (Å²) in [5.74, 6) is 0.495. The third kappa shape index (κ3) is 5.38. The summed E-state index contributed by atoms with van der Waals surface area (Å²) in [7, 11) is 1.57. The third-order valence-electron chi connectivity index (χ3n) is 3.50. The lowest BCUT2D eigenvalue weighted by Gasteiger charge is -2.18. The van der Waals surface area contributed by atoms with Crippen LogP contribution in [0.1, 0.15) is 13.3 Å². The first-order valence-electron chi connectivity index (χ1n) is 8.10. The molecule has 2 aromatic carbocycles. The smallest absolute Gasteiger partial charge is 0.261 e. The van der Waals surface area contributed by atoms with Crippen molar-refractivity contribution in [2.75, 3.05) is 20.3 Å². The van der Waals surface area contributed by atoms with E-state index in [-0.39, 0.29) is 18.3 Å². The molecule has 2 rings (SSSR count). The number of para-hydroxylation sites is 3. The van der Waals surface area contributed by atoms with Crippen LogP contribution < -0.4 is 19.5 Å². The lowest BCUT2D eigenvalue weighted by molar-refractivity contribution is -0.128. The van der Waals surface area contributed by atoms with Crippen LogP contribution >= 0.6 is 0 Å². The molecule has 1 atom stereocenters. The number of hydrogen-bond donors (Lipinski definition) is 1. The SMILES string of the molecule is CCC(Oc1ccccc1F)C(=O)NCCOc1ccccc1OC. The fourth-order valence-corrected chi connectivity index (χ4v) is 2.20. The van der Waals surface area contributed by atoms with Crippen LogP contribution in [0.25, 0.3) is 0 Å². The van der Waals surface area contributed by atoms with Crippen LogP contribution in [-0.4, -0.2) is 32.3 Å². The number of rotatable bonds is 9. The van der Waals surface area contributed by atoms with Crippen LogP contribution in [0.3, 0.4) is 0 Å². The molecule has 0 radical (unpaired) electrons. The van der Waals surface area contributed by atoms with Gasteiger partial charge in [0.1, 0.15) is 6.61 Å². The Kier molecular flexibility index (Phi) is 7.07. The second-order valence-corrected chi connectivity index (χ2v) is 5.24. The minimum atomic E-state index is -0.761. The maximum absolute atomic E-state index is 13.6. The zero-order chi connectivity index (χ0) is 18.1. The van der Waals surface area contributed by atoms with E-state index in [0.29, 0.717) is 24.5 Å². The van der Waals surface area contributed by atoms with Crippen LogP contribution in [0, 0.1) is 5.82 Å². The molecule has 0 bridgehead atoms. The molecule has 0 aliphatic heterocycles. The van der Waals surface area contributed by atoms with E-state index in [1.807, 2.05) is 12.1 Å². The predicted octanol–water partition coefficient (Wildman–Crippen LogP) is 3.19. The Hall–Kier alpha value is -2.76. The van der Waals surface area contributed by atoms with E-state index in [4.69, 9.17) is 14.2 Å². The van der Waals surface area contributed by atoms with Gasteiger partial charge in [0.05, 0.1) is 13.7 Å². The van der Waals surface area contributed by atoms with Crippen molar-refractivity contribution < 1.29 is 23.4 Å². The van der Waals surface area contributed by atoms with Gasteiger partial charge in [-0.25, -0.2) is 4.39 Å².